The number of anilines is 2. The minimum Gasteiger partial charge on any atom is -0.393 e. The zero-order valence-electron chi connectivity index (χ0n) is 15.3. The maximum Gasteiger partial charge on any atom is 0.417 e. The number of aromatic nitrogens is 1. The van der Waals surface area contributed by atoms with E-state index < -0.39 is 23.2 Å². The Morgan fingerprint density at radius 2 is 2.10 bits per heavy atom. The van der Waals surface area contributed by atoms with E-state index in [-0.39, 0.29) is 23.3 Å². The first kappa shape index (κ1) is 20.6. The lowest BCUT2D eigenvalue weighted by Crippen LogP contribution is -2.24. The normalized spacial score (nSPS) is 18.9. The molecule has 0 saturated heterocycles. The van der Waals surface area contributed by atoms with E-state index in [9.17, 15) is 23.1 Å². The van der Waals surface area contributed by atoms with Crippen LogP contribution in [0, 0.1) is 17.2 Å². The summed E-state index contributed by atoms with van der Waals surface area (Å²) in [5.74, 6) is -0.186. The second-order valence-electron chi connectivity index (χ2n) is 6.86. The topological polar surface area (TPSA) is 98.0 Å². The fourth-order valence-corrected chi connectivity index (χ4v) is 3.37. The number of hydrogen-bond donors (Lipinski definition) is 3. The van der Waals surface area contributed by atoms with Gasteiger partial charge in [-0.05, 0) is 43.2 Å². The zero-order valence-corrected chi connectivity index (χ0v) is 15.3. The molecule has 2 aromatic rings. The van der Waals surface area contributed by atoms with Crippen LogP contribution in [0.3, 0.4) is 0 Å². The van der Waals surface area contributed by atoms with Crippen LogP contribution in [-0.4, -0.2) is 28.6 Å². The van der Waals surface area contributed by atoms with Crippen molar-refractivity contribution in [2.24, 2.45) is 5.92 Å². The highest BCUT2D eigenvalue weighted by molar-refractivity contribution is 6.07. The quantitative estimate of drug-likeness (QED) is 0.704. The number of nitrogens with zero attached hydrogens (tertiary/aromatic N) is 2. The van der Waals surface area contributed by atoms with Crippen molar-refractivity contribution in [1.29, 1.82) is 5.26 Å². The summed E-state index contributed by atoms with van der Waals surface area (Å²) in [5.41, 5.74) is -1.36. The average Bonchev–Trinajstić information content (AvgIpc) is 3.10. The second-order valence-corrected chi connectivity index (χ2v) is 6.86. The highest BCUT2D eigenvalue weighted by atomic mass is 19.4. The molecule has 0 radical (unpaired) electrons. The molecule has 29 heavy (non-hydrogen) atoms. The standard InChI is InChI=1S/C20H19F3N4O2/c21-20(22,23)16-7-6-14(9-13(16)10-24)27-19(29)15-4-2-8-25-18(15)26-11-12-3-1-5-17(12)28/h2,4,6-9,12,17,28H,1,3,5,11H2,(H,25,26)(H,27,29)/t12-,17-/m0/s1. The number of carbonyl (C=O) groups is 1. The van der Waals surface area contributed by atoms with Gasteiger partial charge in [0, 0.05) is 24.3 Å². The van der Waals surface area contributed by atoms with Gasteiger partial charge in [0.2, 0.25) is 0 Å². The number of pyridine rings is 1. The van der Waals surface area contributed by atoms with Crippen molar-refractivity contribution >= 4 is 17.4 Å². The molecule has 6 nitrogen and oxygen atoms in total. The van der Waals surface area contributed by atoms with Gasteiger partial charge in [-0.25, -0.2) is 4.98 Å². The van der Waals surface area contributed by atoms with Crippen molar-refractivity contribution in [3.8, 4) is 6.07 Å². The van der Waals surface area contributed by atoms with Gasteiger partial charge in [0.05, 0.1) is 28.9 Å². The van der Waals surface area contributed by atoms with Crippen molar-refractivity contribution < 1.29 is 23.1 Å². The molecule has 9 heteroatoms. The summed E-state index contributed by atoms with van der Waals surface area (Å²) < 4.78 is 38.7. The summed E-state index contributed by atoms with van der Waals surface area (Å²) in [6.45, 7) is 0.456. The molecule has 0 spiro atoms. The van der Waals surface area contributed by atoms with E-state index in [1.165, 1.54) is 18.3 Å². The van der Waals surface area contributed by atoms with Crippen LogP contribution in [0.4, 0.5) is 24.7 Å². The monoisotopic (exact) mass is 404 g/mol. The zero-order chi connectivity index (χ0) is 21.0. The molecular formula is C20H19F3N4O2. The molecule has 1 fully saturated rings. The van der Waals surface area contributed by atoms with Crippen molar-refractivity contribution in [3.63, 3.8) is 0 Å². The molecule has 1 heterocycles. The molecule has 0 bridgehead atoms. The van der Waals surface area contributed by atoms with E-state index in [1.807, 2.05) is 0 Å². The minimum absolute atomic E-state index is 0.0700. The molecule has 1 amide bonds. The number of nitrogens with one attached hydrogen (secondary N) is 2. The van der Waals surface area contributed by atoms with Gasteiger partial charge in [-0.15, -0.1) is 0 Å². The molecule has 1 aromatic heterocycles. The third kappa shape index (κ3) is 4.84. The number of halogens is 3. The van der Waals surface area contributed by atoms with Crippen LogP contribution in [0.2, 0.25) is 0 Å². The van der Waals surface area contributed by atoms with E-state index in [4.69, 9.17) is 5.26 Å². The average molecular weight is 404 g/mol. The molecule has 152 valence electrons. The van der Waals surface area contributed by atoms with E-state index >= 15 is 0 Å². The third-order valence-corrected chi connectivity index (χ3v) is 4.91. The fourth-order valence-electron chi connectivity index (χ4n) is 3.37. The Morgan fingerprint density at radius 1 is 1.31 bits per heavy atom. The summed E-state index contributed by atoms with van der Waals surface area (Å²) in [6, 6.07) is 7.45. The first-order chi connectivity index (χ1) is 13.8. The minimum atomic E-state index is -4.65. The molecule has 1 aromatic carbocycles. The highest BCUT2D eigenvalue weighted by Crippen LogP contribution is 2.33. The van der Waals surface area contributed by atoms with Crippen LogP contribution in [0.15, 0.2) is 36.5 Å². The molecule has 2 atom stereocenters. The third-order valence-electron chi connectivity index (χ3n) is 4.91. The van der Waals surface area contributed by atoms with Gasteiger partial charge in [0.15, 0.2) is 0 Å². The fraction of sp³-hybridized carbons (Fsp3) is 0.350. The van der Waals surface area contributed by atoms with Crippen LogP contribution >= 0.6 is 0 Å². The van der Waals surface area contributed by atoms with Gasteiger partial charge >= 0.3 is 6.18 Å². The van der Waals surface area contributed by atoms with Crippen LogP contribution in [-0.2, 0) is 6.18 Å². The van der Waals surface area contributed by atoms with Gasteiger partial charge in [-0.2, -0.15) is 18.4 Å². The number of rotatable bonds is 5. The summed E-state index contributed by atoms with van der Waals surface area (Å²) >= 11 is 0. The Balaban J connectivity index is 1.75. The summed E-state index contributed by atoms with van der Waals surface area (Å²) in [4.78, 5) is 16.8. The first-order valence-corrected chi connectivity index (χ1v) is 9.09. The number of alkyl halides is 3. The van der Waals surface area contributed by atoms with Crippen molar-refractivity contribution in [2.45, 2.75) is 31.5 Å². The molecule has 0 unspecified atom stereocenters. The number of aliphatic hydroxyl groups excluding tert-OH is 1. The van der Waals surface area contributed by atoms with Crippen LogP contribution in [0.25, 0.3) is 0 Å². The predicted octanol–water partition coefficient (Wildman–Crippen LogP) is 3.80. The lowest BCUT2D eigenvalue weighted by molar-refractivity contribution is -0.137. The summed E-state index contributed by atoms with van der Waals surface area (Å²) in [6.07, 6.45) is -0.963. The molecule has 0 aliphatic heterocycles. The maximum absolute atomic E-state index is 12.9. The van der Waals surface area contributed by atoms with Gasteiger partial charge in [0.25, 0.3) is 5.91 Å². The van der Waals surface area contributed by atoms with Crippen molar-refractivity contribution in [1.82, 2.24) is 4.98 Å². The molecular weight excluding hydrogens is 385 g/mol. The Hall–Kier alpha value is -3.12. The molecule has 3 rings (SSSR count). The van der Waals surface area contributed by atoms with Crippen LogP contribution < -0.4 is 10.6 Å². The summed E-state index contributed by atoms with van der Waals surface area (Å²) in [5, 5.41) is 24.5. The van der Waals surface area contributed by atoms with Crippen LogP contribution in [0.1, 0.15) is 40.7 Å². The summed E-state index contributed by atoms with van der Waals surface area (Å²) in [7, 11) is 0. The van der Waals surface area contributed by atoms with Crippen molar-refractivity contribution in [3.05, 3.63) is 53.2 Å². The van der Waals surface area contributed by atoms with E-state index in [2.05, 4.69) is 15.6 Å². The van der Waals surface area contributed by atoms with Crippen molar-refractivity contribution in [2.75, 3.05) is 17.2 Å². The Morgan fingerprint density at radius 3 is 2.76 bits per heavy atom. The predicted molar refractivity (Wildman–Crippen MR) is 100 cm³/mol. The molecule has 1 aliphatic carbocycles. The first-order valence-electron chi connectivity index (χ1n) is 9.09. The molecule has 3 N–H and O–H groups in total. The Kier molecular flexibility index (Phi) is 6.03. The number of carbonyl (C=O) groups excluding carboxylic acids is 1. The van der Waals surface area contributed by atoms with Gasteiger partial charge in [-0.3, -0.25) is 4.79 Å². The second kappa shape index (κ2) is 8.49. The van der Waals surface area contributed by atoms with Gasteiger partial charge in [0.1, 0.15) is 5.82 Å². The lowest BCUT2D eigenvalue weighted by Gasteiger charge is -2.17. The number of hydrogen-bond acceptors (Lipinski definition) is 5. The molecule has 1 saturated carbocycles. The van der Waals surface area contributed by atoms with Gasteiger partial charge in [-0.1, -0.05) is 6.42 Å². The Labute approximate surface area is 165 Å². The lowest BCUT2D eigenvalue weighted by atomic mass is 10.1. The smallest absolute Gasteiger partial charge is 0.393 e. The van der Waals surface area contributed by atoms with E-state index in [0.717, 1.165) is 37.5 Å². The van der Waals surface area contributed by atoms with Crippen LogP contribution in [0.5, 0.6) is 0 Å². The largest absolute Gasteiger partial charge is 0.417 e. The number of amides is 1. The number of nitriles is 1. The molecule has 1 aliphatic rings. The Bertz CT molecular complexity index is 940. The van der Waals surface area contributed by atoms with E-state index in [0.29, 0.717) is 12.4 Å². The van der Waals surface area contributed by atoms with Gasteiger partial charge < -0.3 is 15.7 Å². The highest BCUT2D eigenvalue weighted by Gasteiger charge is 2.33. The number of aliphatic hydroxyl groups is 1. The number of benzene rings is 1. The maximum atomic E-state index is 12.9. The van der Waals surface area contributed by atoms with E-state index in [1.54, 1.807) is 6.07 Å². The SMILES string of the molecule is N#Cc1cc(NC(=O)c2cccnc2NC[C@@H]2CCC[C@@H]2O)ccc1C(F)(F)F.